The van der Waals surface area contributed by atoms with Gasteiger partial charge in [-0.1, -0.05) is 0 Å². The summed E-state index contributed by atoms with van der Waals surface area (Å²) in [7, 11) is 14.9. The van der Waals surface area contributed by atoms with Gasteiger partial charge < -0.3 is 15.0 Å². The number of nitrogens with zero attached hydrogens (tertiary/aromatic N) is 3. The van der Waals surface area contributed by atoms with Crippen LogP contribution >= 0.6 is 27.9 Å². The zero-order valence-corrected chi connectivity index (χ0v) is 13.5. The Kier molecular flexibility index (Phi) is 14.6. The van der Waals surface area contributed by atoms with Crippen molar-refractivity contribution in [1.82, 2.24) is 29.9 Å². The van der Waals surface area contributed by atoms with Crippen molar-refractivity contribution < 1.29 is 14.7 Å². The number of H-pyrrole nitrogens is 3. The maximum atomic E-state index is 4.97. The Morgan fingerprint density at radius 1 is 0.632 bits per heavy atom. The third-order valence-corrected chi connectivity index (χ3v) is 1.22. The van der Waals surface area contributed by atoms with Gasteiger partial charge in [0.25, 0.3) is 0 Å². The van der Waals surface area contributed by atoms with E-state index >= 15 is 0 Å². The molecule has 0 fully saturated rings. The Morgan fingerprint density at radius 3 is 0.947 bits per heavy atom. The van der Waals surface area contributed by atoms with Gasteiger partial charge in [0.15, 0.2) is 0 Å². The fraction of sp³-hybridized carbons (Fsp3) is 0. The monoisotopic (exact) mass is 357 g/mol. The standard InChI is InChI=1S/3C3H4N2.3ClH.Ti/c3*1-2-5-3-4-1;;;;/h3*1-3H,(H,4,5);3*1H;/q;;;;;;+3/p-3. The van der Waals surface area contributed by atoms with E-state index in [2.05, 4.69) is 29.9 Å². The van der Waals surface area contributed by atoms with Crippen molar-refractivity contribution in [3.05, 3.63) is 56.2 Å². The van der Waals surface area contributed by atoms with E-state index in [0.717, 1.165) is 0 Å². The third-order valence-electron chi connectivity index (χ3n) is 1.22. The number of hydrogen-bond donors (Lipinski definition) is 3. The van der Waals surface area contributed by atoms with Crippen LogP contribution in [0, 0.1) is 0 Å². The molecule has 3 rings (SSSR count). The van der Waals surface area contributed by atoms with Gasteiger partial charge in [-0.25, -0.2) is 15.0 Å². The molecule has 6 nitrogen and oxygen atoms in total. The van der Waals surface area contributed by atoms with Gasteiger partial charge in [0, 0.05) is 37.2 Å². The second-order valence-corrected chi connectivity index (χ2v) is 10.2. The van der Waals surface area contributed by atoms with Gasteiger partial charge in [0.05, 0.1) is 19.0 Å². The molecule has 3 heterocycles. The molecule has 0 aliphatic carbocycles. The molecule has 0 atom stereocenters. The van der Waals surface area contributed by atoms with E-state index in [9.17, 15) is 0 Å². The summed E-state index contributed by atoms with van der Waals surface area (Å²) in [5, 5.41) is 0. The number of imidazole rings is 3. The van der Waals surface area contributed by atoms with Crippen LogP contribution in [0.1, 0.15) is 0 Å². The summed E-state index contributed by atoms with van der Waals surface area (Å²) >= 11 is -1.92. The van der Waals surface area contributed by atoms with Crippen molar-refractivity contribution in [3.63, 3.8) is 0 Å². The second kappa shape index (κ2) is 15.3. The predicted octanol–water partition coefficient (Wildman–Crippen LogP) is 3.30. The minimum Gasteiger partial charge on any atom is -0.351 e. The van der Waals surface area contributed by atoms with E-state index < -0.39 is 14.7 Å². The van der Waals surface area contributed by atoms with Gasteiger partial charge in [-0.05, 0) is 0 Å². The molecule has 10 heteroatoms. The molecule has 3 N–H and O–H groups in total. The normalized spacial score (nSPS) is 7.74. The molecule has 19 heavy (non-hydrogen) atoms. The topological polar surface area (TPSA) is 86.0 Å². The molecule has 0 aliphatic rings. The van der Waals surface area contributed by atoms with Crippen LogP contribution in [-0.2, 0) is 14.7 Å². The SMILES string of the molecule is [Cl][Ti]([Cl])[Cl].c1c[nH]cn1.c1c[nH]cn1.c1c[nH]cn1. The summed E-state index contributed by atoms with van der Waals surface area (Å²) in [4.78, 5) is 19.2. The van der Waals surface area contributed by atoms with Crippen molar-refractivity contribution in [2.75, 3.05) is 0 Å². The summed E-state index contributed by atoms with van der Waals surface area (Å²) in [5.74, 6) is 0. The molecule has 103 valence electrons. The predicted molar refractivity (Wildman–Crippen MR) is 73.3 cm³/mol. The maximum Gasteiger partial charge on any atom is 0.0919 e. The average Bonchev–Trinajstić information content (AvgIpc) is 3.18. The number of hydrogen-bond acceptors (Lipinski definition) is 3. The molecule has 0 unspecified atom stereocenters. The Balaban J connectivity index is 0.000000229. The summed E-state index contributed by atoms with van der Waals surface area (Å²) in [6, 6.07) is 0. The van der Waals surface area contributed by atoms with E-state index in [4.69, 9.17) is 27.9 Å². The quantitative estimate of drug-likeness (QED) is 0.539. The summed E-state index contributed by atoms with van der Waals surface area (Å²) in [6.45, 7) is 0. The van der Waals surface area contributed by atoms with Gasteiger partial charge in [-0.15, -0.1) is 0 Å². The molecule has 0 aliphatic heterocycles. The molecule has 0 amide bonds. The van der Waals surface area contributed by atoms with Gasteiger partial charge in [0.2, 0.25) is 0 Å². The van der Waals surface area contributed by atoms with Gasteiger partial charge in [-0.3, -0.25) is 0 Å². The first-order chi connectivity index (χ1) is 9.23. The Hall–Kier alpha value is -0.786. The number of aromatic amines is 3. The fourth-order valence-electron chi connectivity index (χ4n) is 0.645. The second-order valence-electron chi connectivity index (χ2n) is 2.50. The molecule has 0 bridgehead atoms. The average molecular weight is 358 g/mol. The number of aromatic nitrogens is 6. The summed E-state index contributed by atoms with van der Waals surface area (Å²) in [5.41, 5.74) is 0. The van der Waals surface area contributed by atoms with E-state index in [1.54, 1.807) is 56.2 Å². The molecular formula is C9H12Cl3N6Ti. The molecule has 3 aromatic heterocycles. The van der Waals surface area contributed by atoms with Crippen molar-refractivity contribution in [3.8, 4) is 0 Å². The molecule has 0 saturated heterocycles. The first-order valence-corrected chi connectivity index (χ1v) is 11.3. The maximum absolute atomic E-state index is 4.97. The molecule has 0 saturated carbocycles. The summed E-state index contributed by atoms with van der Waals surface area (Å²) < 4.78 is 0. The summed E-state index contributed by atoms with van der Waals surface area (Å²) in [6.07, 6.45) is 15.2. The third kappa shape index (κ3) is 19.7. The van der Waals surface area contributed by atoms with E-state index in [1.807, 2.05) is 0 Å². The van der Waals surface area contributed by atoms with Gasteiger partial charge in [-0.2, -0.15) is 0 Å². The van der Waals surface area contributed by atoms with Crippen molar-refractivity contribution >= 4 is 27.9 Å². The molecule has 0 radical (unpaired) electrons. The molecular weight excluding hydrogens is 346 g/mol. The van der Waals surface area contributed by atoms with Gasteiger partial charge >= 0.3 is 42.6 Å². The Bertz CT molecular complexity index is 300. The van der Waals surface area contributed by atoms with Crippen LogP contribution in [-0.4, -0.2) is 29.9 Å². The van der Waals surface area contributed by atoms with E-state index in [0.29, 0.717) is 0 Å². The van der Waals surface area contributed by atoms with Crippen LogP contribution < -0.4 is 0 Å². The Labute approximate surface area is 128 Å². The smallest absolute Gasteiger partial charge is 0.0919 e. The molecule has 3 aromatic rings. The van der Waals surface area contributed by atoms with Crippen LogP contribution in [0.25, 0.3) is 0 Å². The number of nitrogens with one attached hydrogen (secondary N) is 3. The Morgan fingerprint density at radius 2 is 0.895 bits per heavy atom. The minimum absolute atomic E-state index is 1.62. The van der Waals surface area contributed by atoms with Crippen molar-refractivity contribution in [2.24, 2.45) is 0 Å². The van der Waals surface area contributed by atoms with E-state index in [1.165, 1.54) is 0 Å². The van der Waals surface area contributed by atoms with E-state index in [-0.39, 0.29) is 0 Å². The first-order valence-electron chi connectivity index (χ1n) is 4.85. The van der Waals surface area contributed by atoms with Crippen LogP contribution in [0.3, 0.4) is 0 Å². The largest absolute Gasteiger partial charge is 0.351 e. The molecule has 0 spiro atoms. The molecule has 0 aromatic carbocycles. The van der Waals surface area contributed by atoms with Crippen LogP contribution in [0.5, 0.6) is 0 Å². The zero-order valence-electron chi connectivity index (χ0n) is 9.67. The van der Waals surface area contributed by atoms with Crippen LogP contribution in [0.2, 0.25) is 0 Å². The fourth-order valence-corrected chi connectivity index (χ4v) is 0.645. The zero-order chi connectivity index (χ0) is 14.2. The van der Waals surface area contributed by atoms with Gasteiger partial charge in [0.1, 0.15) is 0 Å². The minimum atomic E-state index is -1.92. The number of rotatable bonds is 0. The first kappa shape index (κ1) is 18.2. The van der Waals surface area contributed by atoms with Crippen molar-refractivity contribution in [2.45, 2.75) is 0 Å². The van der Waals surface area contributed by atoms with Crippen LogP contribution in [0.15, 0.2) is 56.2 Å². The number of halogens is 3. The van der Waals surface area contributed by atoms with Crippen LogP contribution in [0.4, 0.5) is 0 Å². The van der Waals surface area contributed by atoms with Crippen molar-refractivity contribution in [1.29, 1.82) is 0 Å².